The lowest BCUT2D eigenvalue weighted by molar-refractivity contribution is -0.119. The van der Waals surface area contributed by atoms with Crippen molar-refractivity contribution in [3.63, 3.8) is 0 Å². The van der Waals surface area contributed by atoms with Gasteiger partial charge in [0.25, 0.3) is 10.0 Å². The fraction of sp³-hybridized carbons (Fsp3) is 0.208. The van der Waals surface area contributed by atoms with Crippen molar-refractivity contribution in [2.24, 2.45) is 0 Å². The third-order valence-corrected chi connectivity index (χ3v) is 6.86. The second-order valence-electron chi connectivity index (χ2n) is 7.24. The number of carbonyl (C=O) groups is 1. The van der Waals surface area contributed by atoms with Crippen molar-refractivity contribution in [3.05, 3.63) is 95.0 Å². The second-order valence-corrected chi connectivity index (χ2v) is 9.54. The summed E-state index contributed by atoms with van der Waals surface area (Å²) in [4.78, 5) is 12.7. The van der Waals surface area contributed by atoms with E-state index in [1.165, 1.54) is 23.3 Å². The number of benzene rings is 3. The minimum Gasteiger partial charge on any atom is -0.355 e. The van der Waals surface area contributed by atoms with E-state index in [2.05, 4.69) is 29.6 Å². The molecule has 0 unspecified atom stereocenters. The van der Waals surface area contributed by atoms with Crippen LogP contribution in [0.15, 0.2) is 83.8 Å². The minimum atomic E-state index is -3.91. The van der Waals surface area contributed by atoms with E-state index in [1.54, 1.807) is 42.5 Å². The standard InChI is InChI=1S/C24H25ClN2O3S/c1-19-9-11-20(12-10-19)6-5-17-26-24(28)18-27(22-15-13-21(25)14-16-22)31(29,30)23-7-3-2-4-8-23/h2-4,7-16H,5-6,17-18H2,1H3,(H,26,28). The molecule has 3 aromatic carbocycles. The van der Waals surface area contributed by atoms with Crippen LogP contribution in [0, 0.1) is 6.92 Å². The molecule has 3 rings (SSSR count). The van der Waals surface area contributed by atoms with Crippen molar-refractivity contribution >= 4 is 33.2 Å². The Labute approximate surface area is 188 Å². The van der Waals surface area contributed by atoms with E-state index in [0.29, 0.717) is 17.3 Å². The molecule has 0 spiro atoms. The molecule has 0 fully saturated rings. The summed E-state index contributed by atoms with van der Waals surface area (Å²) < 4.78 is 27.5. The predicted octanol–water partition coefficient (Wildman–Crippen LogP) is 4.59. The zero-order chi connectivity index (χ0) is 22.3. The number of hydrogen-bond donors (Lipinski definition) is 1. The van der Waals surface area contributed by atoms with Gasteiger partial charge in [0.2, 0.25) is 5.91 Å². The fourth-order valence-corrected chi connectivity index (χ4v) is 4.67. The summed E-state index contributed by atoms with van der Waals surface area (Å²) in [6, 6.07) is 22.7. The number of sulfonamides is 1. The van der Waals surface area contributed by atoms with Gasteiger partial charge in [-0.3, -0.25) is 9.10 Å². The van der Waals surface area contributed by atoms with Crippen LogP contribution in [-0.2, 0) is 21.2 Å². The summed E-state index contributed by atoms with van der Waals surface area (Å²) in [7, 11) is -3.91. The third-order valence-electron chi connectivity index (χ3n) is 4.82. The van der Waals surface area contributed by atoms with E-state index in [9.17, 15) is 13.2 Å². The zero-order valence-corrected chi connectivity index (χ0v) is 18.9. The molecule has 0 saturated heterocycles. The number of anilines is 1. The van der Waals surface area contributed by atoms with Crippen molar-refractivity contribution in [2.45, 2.75) is 24.7 Å². The van der Waals surface area contributed by atoms with Gasteiger partial charge in [-0.2, -0.15) is 0 Å². The molecule has 0 saturated carbocycles. The summed E-state index contributed by atoms with van der Waals surface area (Å²) in [5.74, 6) is -0.363. The minimum absolute atomic E-state index is 0.122. The molecule has 162 valence electrons. The molecule has 31 heavy (non-hydrogen) atoms. The van der Waals surface area contributed by atoms with Crippen molar-refractivity contribution in [1.82, 2.24) is 5.32 Å². The Morgan fingerprint density at radius 1 is 0.935 bits per heavy atom. The zero-order valence-electron chi connectivity index (χ0n) is 17.3. The van der Waals surface area contributed by atoms with Gasteiger partial charge < -0.3 is 5.32 Å². The molecule has 0 aliphatic carbocycles. The average Bonchev–Trinajstić information content (AvgIpc) is 2.77. The van der Waals surface area contributed by atoms with Crippen molar-refractivity contribution in [1.29, 1.82) is 0 Å². The lowest BCUT2D eigenvalue weighted by atomic mass is 10.1. The van der Waals surface area contributed by atoms with Gasteiger partial charge >= 0.3 is 0 Å². The van der Waals surface area contributed by atoms with Gasteiger partial charge in [0.15, 0.2) is 0 Å². The molecule has 0 heterocycles. The van der Waals surface area contributed by atoms with Crippen LogP contribution in [0.25, 0.3) is 0 Å². The normalized spacial score (nSPS) is 11.2. The summed E-state index contributed by atoms with van der Waals surface area (Å²) >= 11 is 5.95. The van der Waals surface area contributed by atoms with Crippen LogP contribution in [0.4, 0.5) is 5.69 Å². The van der Waals surface area contributed by atoms with E-state index in [-0.39, 0.29) is 17.3 Å². The Morgan fingerprint density at radius 3 is 2.23 bits per heavy atom. The van der Waals surface area contributed by atoms with Gasteiger partial charge in [-0.1, -0.05) is 59.6 Å². The van der Waals surface area contributed by atoms with Gasteiger partial charge in [0, 0.05) is 11.6 Å². The first-order valence-corrected chi connectivity index (χ1v) is 11.8. The number of nitrogens with zero attached hydrogens (tertiary/aromatic N) is 1. The van der Waals surface area contributed by atoms with Gasteiger partial charge in [-0.15, -0.1) is 0 Å². The van der Waals surface area contributed by atoms with Gasteiger partial charge in [0.05, 0.1) is 10.6 Å². The number of nitrogens with one attached hydrogen (secondary N) is 1. The van der Waals surface area contributed by atoms with E-state index in [0.717, 1.165) is 17.1 Å². The fourth-order valence-electron chi connectivity index (χ4n) is 3.10. The lowest BCUT2D eigenvalue weighted by Gasteiger charge is -2.24. The van der Waals surface area contributed by atoms with E-state index in [4.69, 9.17) is 11.6 Å². The van der Waals surface area contributed by atoms with Crippen LogP contribution >= 0.6 is 11.6 Å². The first-order chi connectivity index (χ1) is 14.9. The topological polar surface area (TPSA) is 66.5 Å². The monoisotopic (exact) mass is 456 g/mol. The second kappa shape index (κ2) is 10.5. The van der Waals surface area contributed by atoms with Crippen LogP contribution < -0.4 is 9.62 Å². The maximum absolute atomic E-state index is 13.2. The Balaban J connectivity index is 1.67. The molecule has 0 bridgehead atoms. The predicted molar refractivity (Wildman–Crippen MR) is 125 cm³/mol. The Bertz CT molecular complexity index is 1100. The van der Waals surface area contributed by atoms with Crippen molar-refractivity contribution in [3.8, 4) is 0 Å². The maximum Gasteiger partial charge on any atom is 0.264 e. The molecular weight excluding hydrogens is 432 g/mol. The van der Waals surface area contributed by atoms with Crippen LogP contribution in [0.5, 0.6) is 0 Å². The molecule has 5 nitrogen and oxygen atoms in total. The number of carbonyl (C=O) groups excluding carboxylic acids is 1. The van der Waals surface area contributed by atoms with E-state index >= 15 is 0 Å². The lowest BCUT2D eigenvalue weighted by Crippen LogP contribution is -2.41. The number of aryl methyl sites for hydroxylation is 2. The van der Waals surface area contributed by atoms with Crippen LogP contribution in [0.1, 0.15) is 17.5 Å². The smallest absolute Gasteiger partial charge is 0.264 e. The molecular formula is C24H25ClN2O3S. The SMILES string of the molecule is Cc1ccc(CCCNC(=O)CN(c2ccc(Cl)cc2)S(=O)(=O)c2ccccc2)cc1. The number of halogens is 1. The molecule has 7 heteroatoms. The number of rotatable bonds is 9. The maximum atomic E-state index is 13.2. The first kappa shape index (κ1) is 22.8. The number of amides is 1. The summed E-state index contributed by atoms with van der Waals surface area (Å²) in [6.45, 7) is 2.19. The summed E-state index contributed by atoms with van der Waals surface area (Å²) in [5, 5.41) is 3.32. The van der Waals surface area contributed by atoms with Crippen molar-refractivity contribution < 1.29 is 13.2 Å². The highest BCUT2D eigenvalue weighted by Crippen LogP contribution is 2.25. The molecule has 0 aliphatic heterocycles. The number of hydrogen-bond acceptors (Lipinski definition) is 3. The van der Waals surface area contributed by atoms with E-state index in [1.807, 2.05) is 6.92 Å². The highest BCUT2D eigenvalue weighted by molar-refractivity contribution is 7.92. The Kier molecular flexibility index (Phi) is 7.71. The van der Waals surface area contributed by atoms with E-state index < -0.39 is 10.0 Å². The van der Waals surface area contributed by atoms with Gasteiger partial charge in [-0.25, -0.2) is 8.42 Å². The van der Waals surface area contributed by atoms with Crippen LogP contribution in [0.2, 0.25) is 5.02 Å². The Hall–Kier alpha value is -2.83. The quantitative estimate of drug-likeness (QED) is 0.479. The molecule has 1 amide bonds. The molecule has 3 aromatic rings. The van der Waals surface area contributed by atoms with Crippen LogP contribution in [-0.4, -0.2) is 27.4 Å². The summed E-state index contributed by atoms with van der Waals surface area (Å²) in [6.07, 6.45) is 1.60. The average molecular weight is 457 g/mol. The molecule has 0 aromatic heterocycles. The first-order valence-electron chi connectivity index (χ1n) is 10.0. The van der Waals surface area contributed by atoms with Crippen LogP contribution in [0.3, 0.4) is 0 Å². The molecule has 0 aliphatic rings. The van der Waals surface area contributed by atoms with Gasteiger partial charge in [0.1, 0.15) is 6.54 Å². The molecule has 0 atom stereocenters. The van der Waals surface area contributed by atoms with Gasteiger partial charge in [-0.05, 0) is 61.7 Å². The molecule has 1 N–H and O–H groups in total. The Morgan fingerprint density at radius 2 is 1.58 bits per heavy atom. The third kappa shape index (κ3) is 6.32. The largest absolute Gasteiger partial charge is 0.355 e. The highest BCUT2D eigenvalue weighted by Gasteiger charge is 2.26. The molecule has 0 radical (unpaired) electrons. The summed E-state index contributed by atoms with van der Waals surface area (Å²) in [5.41, 5.74) is 2.79. The highest BCUT2D eigenvalue weighted by atomic mass is 35.5. The van der Waals surface area contributed by atoms with Crippen molar-refractivity contribution in [2.75, 3.05) is 17.4 Å².